The van der Waals surface area contributed by atoms with Crippen molar-refractivity contribution >= 4 is 23.2 Å². The molecule has 1 saturated heterocycles. The van der Waals surface area contributed by atoms with Crippen LogP contribution in [0.25, 0.3) is 0 Å². The van der Waals surface area contributed by atoms with Gasteiger partial charge in [0, 0.05) is 37.6 Å². The van der Waals surface area contributed by atoms with E-state index in [1.165, 1.54) is 5.56 Å². The Morgan fingerprint density at radius 2 is 1.61 bits per heavy atom. The molecule has 2 amide bonds. The van der Waals surface area contributed by atoms with Crippen molar-refractivity contribution in [2.24, 2.45) is 0 Å². The van der Waals surface area contributed by atoms with Crippen LogP contribution in [0.15, 0.2) is 48.5 Å². The molecule has 1 aliphatic rings. The number of hydrogen-bond donors (Lipinski definition) is 1. The van der Waals surface area contributed by atoms with Crippen LogP contribution in [0.1, 0.15) is 31.7 Å². The van der Waals surface area contributed by atoms with E-state index >= 15 is 0 Å². The summed E-state index contributed by atoms with van der Waals surface area (Å²) in [6, 6.07) is 14.7. The number of carbonyl (C=O) groups excluding carboxylic acids is 2. The molecule has 0 spiro atoms. The van der Waals surface area contributed by atoms with E-state index in [9.17, 15) is 22.8 Å². The average Bonchev–Trinajstić information content (AvgIpc) is 2.82. The molecule has 1 aliphatic heterocycles. The van der Waals surface area contributed by atoms with Crippen LogP contribution in [0.5, 0.6) is 5.75 Å². The first-order valence-electron chi connectivity index (χ1n) is 10.9. The molecule has 0 aromatic heterocycles. The van der Waals surface area contributed by atoms with Gasteiger partial charge in [-0.2, -0.15) is 13.2 Å². The average molecular weight is 464 g/mol. The standard InChI is InChI=1S/C24H28F3N3O3/c1-3-17(2)18-4-10-21(11-5-18)33-16-22(31)28-19-6-8-20(9-7-19)29-12-14-30(15-13-29)23(32)24(25,26)27/h4-11,17H,3,12-16H2,1-2H3,(H,28,31)/t17-/m0/s1. The second-order valence-corrected chi connectivity index (χ2v) is 8.04. The van der Waals surface area contributed by atoms with Gasteiger partial charge in [-0.3, -0.25) is 9.59 Å². The summed E-state index contributed by atoms with van der Waals surface area (Å²) in [6.07, 6.45) is -3.79. The number of anilines is 2. The number of carbonyl (C=O) groups is 2. The number of benzene rings is 2. The molecule has 1 fully saturated rings. The molecule has 2 aromatic rings. The summed E-state index contributed by atoms with van der Waals surface area (Å²) in [5, 5.41) is 2.76. The van der Waals surface area contributed by atoms with Crippen molar-refractivity contribution in [3.63, 3.8) is 0 Å². The van der Waals surface area contributed by atoms with Crippen LogP contribution in [-0.2, 0) is 9.59 Å². The second-order valence-electron chi connectivity index (χ2n) is 8.04. The van der Waals surface area contributed by atoms with Gasteiger partial charge in [0.1, 0.15) is 5.75 Å². The molecule has 0 unspecified atom stereocenters. The topological polar surface area (TPSA) is 61.9 Å². The van der Waals surface area contributed by atoms with E-state index in [1.807, 2.05) is 29.2 Å². The van der Waals surface area contributed by atoms with Crippen molar-refractivity contribution in [3.05, 3.63) is 54.1 Å². The van der Waals surface area contributed by atoms with E-state index in [1.54, 1.807) is 24.3 Å². The van der Waals surface area contributed by atoms with E-state index in [-0.39, 0.29) is 25.6 Å². The normalized spacial score (nSPS) is 15.2. The molecule has 0 saturated carbocycles. The van der Waals surface area contributed by atoms with Gasteiger partial charge in [-0.05, 0) is 54.3 Å². The largest absolute Gasteiger partial charge is 0.484 e. The number of alkyl halides is 3. The fraction of sp³-hybridized carbons (Fsp3) is 0.417. The van der Waals surface area contributed by atoms with Crippen molar-refractivity contribution in [1.82, 2.24) is 4.90 Å². The highest BCUT2D eigenvalue weighted by molar-refractivity contribution is 5.92. The van der Waals surface area contributed by atoms with Gasteiger partial charge in [0.25, 0.3) is 5.91 Å². The van der Waals surface area contributed by atoms with Gasteiger partial charge in [0.05, 0.1) is 0 Å². The molecule has 9 heteroatoms. The maximum absolute atomic E-state index is 12.6. The SMILES string of the molecule is CC[C@H](C)c1ccc(OCC(=O)Nc2ccc(N3CCN(C(=O)C(F)(F)F)CC3)cc2)cc1. The van der Waals surface area contributed by atoms with Crippen molar-refractivity contribution in [1.29, 1.82) is 0 Å². The van der Waals surface area contributed by atoms with Gasteiger partial charge in [-0.25, -0.2) is 0 Å². The second kappa shape index (κ2) is 10.6. The summed E-state index contributed by atoms with van der Waals surface area (Å²) in [7, 11) is 0. The maximum atomic E-state index is 12.6. The summed E-state index contributed by atoms with van der Waals surface area (Å²) < 4.78 is 43.2. The molecule has 0 bridgehead atoms. The summed E-state index contributed by atoms with van der Waals surface area (Å²) in [4.78, 5) is 26.3. The minimum Gasteiger partial charge on any atom is -0.484 e. The smallest absolute Gasteiger partial charge is 0.471 e. The highest BCUT2D eigenvalue weighted by Crippen LogP contribution is 2.24. The first-order chi connectivity index (χ1) is 15.7. The van der Waals surface area contributed by atoms with Crippen molar-refractivity contribution in [3.8, 4) is 5.75 Å². The molecule has 178 valence electrons. The van der Waals surface area contributed by atoms with Gasteiger partial charge in [0.15, 0.2) is 6.61 Å². The van der Waals surface area contributed by atoms with Gasteiger partial charge in [-0.15, -0.1) is 0 Å². The number of amides is 2. The number of halogens is 3. The lowest BCUT2D eigenvalue weighted by Gasteiger charge is -2.36. The zero-order valence-electron chi connectivity index (χ0n) is 18.7. The Hall–Kier alpha value is -3.23. The summed E-state index contributed by atoms with van der Waals surface area (Å²) in [5.41, 5.74) is 2.62. The Morgan fingerprint density at radius 3 is 2.15 bits per heavy atom. The molecule has 1 heterocycles. The Kier molecular flexibility index (Phi) is 7.84. The minimum absolute atomic E-state index is 0.00645. The van der Waals surface area contributed by atoms with E-state index in [0.717, 1.165) is 17.0 Å². The summed E-state index contributed by atoms with van der Waals surface area (Å²) >= 11 is 0. The molecule has 0 radical (unpaired) electrons. The van der Waals surface area contributed by atoms with E-state index in [0.29, 0.717) is 30.4 Å². The molecule has 33 heavy (non-hydrogen) atoms. The lowest BCUT2D eigenvalue weighted by Crippen LogP contribution is -2.52. The number of piperazine rings is 1. The summed E-state index contributed by atoms with van der Waals surface area (Å²) in [5.74, 6) is -1.01. The zero-order chi connectivity index (χ0) is 24.0. The predicted octanol–water partition coefficient (Wildman–Crippen LogP) is 4.43. The molecule has 2 aromatic carbocycles. The third kappa shape index (κ3) is 6.63. The Labute approximate surface area is 191 Å². The highest BCUT2D eigenvalue weighted by Gasteiger charge is 2.43. The van der Waals surface area contributed by atoms with Crippen molar-refractivity contribution < 1.29 is 27.5 Å². The molecular weight excluding hydrogens is 435 g/mol. The van der Waals surface area contributed by atoms with Crippen molar-refractivity contribution in [2.45, 2.75) is 32.4 Å². The van der Waals surface area contributed by atoms with Crippen LogP contribution in [-0.4, -0.2) is 55.7 Å². The van der Waals surface area contributed by atoms with Crippen LogP contribution in [0, 0.1) is 0 Å². The molecule has 1 atom stereocenters. The molecular formula is C24H28F3N3O3. The van der Waals surface area contributed by atoms with Crippen molar-refractivity contribution in [2.75, 3.05) is 43.0 Å². The predicted molar refractivity (Wildman–Crippen MR) is 121 cm³/mol. The van der Waals surface area contributed by atoms with Crippen LogP contribution < -0.4 is 15.0 Å². The molecule has 3 rings (SSSR count). The number of hydrogen-bond acceptors (Lipinski definition) is 4. The number of nitrogens with zero attached hydrogens (tertiary/aromatic N) is 2. The third-order valence-electron chi connectivity index (χ3n) is 5.76. The van der Waals surface area contributed by atoms with Gasteiger partial charge >= 0.3 is 12.1 Å². The lowest BCUT2D eigenvalue weighted by molar-refractivity contribution is -0.185. The Bertz CT molecular complexity index is 938. The number of nitrogens with one attached hydrogen (secondary N) is 1. The quantitative estimate of drug-likeness (QED) is 0.660. The highest BCUT2D eigenvalue weighted by atomic mass is 19.4. The van der Waals surface area contributed by atoms with E-state index in [2.05, 4.69) is 19.2 Å². The van der Waals surface area contributed by atoms with Crippen LogP contribution >= 0.6 is 0 Å². The molecule has 0 aliphatic carbocycles. The fourth-order valence-corrected chi connectivity index (χ4v) is 3.58. The van der Waals surface area contributed by atoms with Gasteiger partial charge < -0.3 is 19.9 Å². The molecule has 6 nitrogen and oxygen atoms in total. The molecule has 1 N–H and O–H groups in total. The van der Waals surface area contributed by atoms with Gasteiger partial charge in [0.2, 0.25) is 0 Å². The third-order valence-corrected chi connectivity index (χ3v) is 5.76. The van der Waals surface area contributed by atoms with Gasteiger partial charge in [-0.1, -0.05) is 26.0 Å². The first-order valence-corrected chi connectivity index (χ1v) is 10.9. The fourth-order valence-electron chi connectivity index (χ4n) is 3.58. The summed E-state index contributed by atoms with van der Waals surface area (Å²) in [6.45, 7) is 4.78. The van der Waals surface area contributed by atoms with Crippen LogP contribution in [0.3, 0.4) is 0 Å². The van der Waals surface area contributed by atoms with Crippen LogP contribution in [0.4, 0.5) is 24.5 Å². The lowest BCUT2D eigenvalue weighted by atomic mass is 9.99. The van der Waals surface area contributed by atoms with Crippen LogP contribution in [0.2, 0.25) is 0 Å². The Balaban J connectivity index is 1.46. The van der Waals surface area contributed by atoms with E-state index in [4.69, 9.17) is 4.74 Å². The maximum Gasteiger partial charge on any atom is 0.471 e. The Morgan fingerprint density at radius 1 is 1.00 bits per heavy atom. The first kappa shape index (κ1) is 24.4. The minimum atomic E-state index is -4.84. The monoisotopic (exact) mass is 463 g/mol. The zero-order valence-corrected chi connectivity index (χ0v) is 18.7. The van der Waals surface area contributed by atoms with E-state index < -0.39 is 12.1 Å². The number of ether oxygens (including phenoxy) is 1. The number of rotatable bonds is 7.